The zero-order valence-corrected chi connectivity index (χ0v) is 47.3. The zero-order valence-electron chi connectivity index (χ0n) is 44.1. The van der Waals surface area contributed by atoms with Crippen molar-refractivity contribution in [1.29, 1.82) is 0 Å². The van der Waals surface area contributed by atoms with Crippen LogP contribution < -0.4 is 9.47 Å². The lowest BCUT2D eigenvalue weighted by Gasteiger charge is -2.35. The molecule has 1 heterocycles. The highest BCUT2D eigenvalue weighted by Crippen LogP contribution is 2.49. The molecule has 0 unspecified atom stereocenters. The van der Waals surface area contributed by atoms with E-state index in [0.29, 0.717) is 66.7 Å². The first-order chi connectivity index (χ1) is 33.9. The van der Waals surface area contributed by atoms with E-state index >= 15 is 14.4 Å². The number of carbonyl (C=O) groups is 4. The minimum atomic E-state index is -0.278. The van der Waals surface area contributed by atoms with Gasteiger partial charge in [0.25, 0.3) is 17.7 Å². The second kappa shape index (κ2) is 29.1. The topological polar surface area (TPSA) is 93.2 Å². The van der Waals surface area contributed by atoms with Crippen molar-refractivity contribution in [1.82, 2.24) is 9.80 Å². The van der Waals surface area contributed by atoms with Gasteiger partial charge in [0.1, 0.15) is 11.5 Å². The Bertz CT molecular complexity index is 2350. The molecule has 384 valence electrons. The summed E-state index contributed by atoms with van der Waals surface area (Å²) in [6, 6.07) is 9.59. The number of hydrogen-bond acceptors (Lipinski definition) is 6. The first-order valence-electron chi connectivity index (χ1n) is 27.4. The molecular formula is C60H84Br2N2O6. The lowest BCUT2D eigenvalue weighted by molar-refractivity contribution is 0.0515. The maximum absolute atomic E-state index is 15.6. The summed E-state index contributed by atoms with van der Waals surface area (Å²) in [5, 5.41) is 2.55. The van der Waals surface area contributed by atoms with Crippen LogP contribution in [-0.4, -0.2) is 66.2 Å². The van der Waals surface area contributed by atoms with Gasteiger partial charge >= 0.3 is 0 Å². The van der Waals surface area contributed by atoms with E-state index in [1.54, 1.807) is 4.90 Å². The van der Waals surface area contributed by atoms with Crippen molar-refractivity contribution in [3.63, 3.8) is 0 Å². The van der Waals surface area contributed by atoms with E-state index in [9.17, 15) is 4.79 Å². The van der Waals surface area contributed by atoms with E-state index in [4.69, 9.17) is 9.47 Å². The summed E-state index contributed by atoms with van der Waals surface area (Å²) in [6.07, 6.45) is 25.0. The summed E-state index contributed by atoms with van der Waals surface area (Å²) < 4.78 is 14.4. The number of hydrogen-bond donors (Lipinski definition) is 0. The molecule has 70 heavy (non-hydrogen) atoms. The predicted molar refractivity (Wildman–Crippen MR) is 298 cm³/mol. The van der Waals surface area contributed by atoms with Crippen molar-refractivity contribution in [2.24, 2.45) is 0 Å². The second-order valence-corrected chi connectivity index (χ2v) is 21.6. The quantitative estimate of drug-likeness (QED) is 0.0268. The molecule has 0 aliphatic carbocycles. The van der Waals surface area contributed by atoms with E-state index in [2.05, 4.69) is 73.4 Å². The number of aryl methyl sites for hydroxylation is 1. The normalized spacial score (nSPS) is 12.6. The van der Waals surface area contributed by atoms with Crippen molar-refractivity contribution in [2.45, 2.75) is 215 Å². The molecule has 4 aromatic carbocycles. The van der Waals surface area contributed by atoms with Gasteiger partial charge in [0.05, 0.1) is 35.5 Å². The standard InChI is InChI=1S/C60H84Br2N2O6/c1-9-15-21-25-29-42(30-26-22-16-10-2)63(8)58(66)57-51(70-36-20-14-6)37-41(7)52-46(39-50(69-35-19-13-5)47(40-65)54(52)57)45-38-49(62)56-53-44(45)33-34-48(61)55(53)59(67)64(60(56)68)43(31-27-23-17-11-3)32-28-24-18-12-4/h33-34,37-40,42-43H,9-32,35-36H2,1-8H3. The molecule has 0 atom stereocenters. The Kier molecular flexibility index (Phi) is 23.7. The first kappa shape index (κ1) is 57.1. The molecule has 4 aromatic rings. The fourth-order valence-electron chi connectivity index (χ4n) is 10.5. The van der Waals surface area contributed by atoms with Crippen LogP contribution in [0, 0.1) is 6.92 Å². The number of nitrogens with zero attached hydrogens (tertiary/aromatic N) is 2. The third-order valence-electron chi connectivity index (χ3n) is 14.6. The first-order valence-corrected chi connectivity index (χ1v) is 29.0. The third kappa shape index (κ3) is 13.6. The van der Waals surface area contributed by atoms with E-state index in [-0.39, 0.29) is 29.8 Å². The summed E-state index contributed by atoms with van der Waals surface area (Å²) in [5.41, 5.74) is 3.95. The van der Waals surface area contributed by atoms with Gasteiger partial charge in [0.15, 0.2) is 6.29 Å². The van der Waals surface area contributed by atoms with Crippen LogP contribution in [0.1, 0.15) is 243 Å². The van der Waals surface area contributed by atoms with Crippen LogP contribution in [0.25, 0.3) is 32.7 Å². The Morgan fingerprint density at radius 2 is 1.10 bits per heavy atom. The fraction of sp³-hybridized carbons (Fsp3) is 0.600. The highest BCUT2D eigenvalue weighted by atomic mass is 79.9. The number of halogens is 2. The Morgan fingerprint density at radius 1 is 0.600 bits per heavy atom. The molecule has 1 aliphatic heterocycles. The Hall–Kier alpha value is -3.76. The van der Waals surface area contributed by atoms with E-state index in [1.165, 1.54) is 0 Å². The highest BCUT2D eigenvalue weighted by molar-refractivity contribution is 9.11. The summed E-state index contributed by atoms with van der Waals surface area (Å²) in [6.45, 7) is 15.9. The molecule has 0 N–H and O–H groups in total. The summed E-state index contributed by atoms with van der Waals surface area (Å²) >= 11 is 7.71. The lowest BCUT2D eigenvalue weighted by Crippen LogP contribution is -2.47. The lowest BCUT2D eigenvalue weighted by atomic mass is 9.84. The van der Waals surface area contributed by atoms with Crippen molar-refractivity contribution in [3.05, 3.63) is 67.1 Å². The molecule has 0 fully saturated rings. The molecular weight excluding hydrogens is 1000 g/mol. The Balaban J connectivity index is 1.81. The summed E-state index contributed by atoms with van der Waals surface area (Å²) in [5.74, 6) is 0.111. The highest BCUT2D eigenvalue weighted by Gasteiger charge is 2.40. The number of rotatable bonds is 33. The molecule has 3 amide bonds. The van der Waals surface area contributed by atoms with Gasteiger partial charge in [-0.25, -0.2) is 0 Å². The monoisotopic (exact) mass is 1090 g/mol. The van der Waals surface area contributed by atoms with Crippen LogP contribution in [-0.2, 0) is 0 Å². The Labute approximate surface area is 438 Å². The Morgan fingerprint density at radius 3 is 1.61 bits per heavy atom. The number of unbranched alkanes of at least 4 members (excludes halogenated alkanes) is 14. The maximum Gasteiger partial charge on any atom is 0.262 e. The second-order valence-electron chi connectivity index (χ2n) is 19.9. The molecule has 0 bridgehead atoms. The molecule has 10 heteroatoms. The van der Waals surface area contributed by atoms with Crippen LogP contribution in [0.5, 0.6) is 11.5 Å². The average Bonchev–Trinajstić information content (AvgIpc) is 3.34. The van der Waals surface area contributed by atoms with Crippen molar-refractivity contribution in [2.75, 3.05) is 20.3 Å². The summed E-state index contributed by atoms with van der Waals surface area (Å²) in [7, 11) is 1.93. The van der Waals surface area contributed by atoms with Gasteiger partial charge in [-0.15, -0.1) is 0 Å². The molecule has 0 radical (unpaired) electrons. The van der Waals surface area contributed by atoms with Crippen molar-refractivity contribution in [3.8, 4) is 22.6 Å². The number of imide groups is 1. The van der Waals surface area contributed by atoms with Crippen molar-refractivity contribution < 1.29 is 28.7 Å². The van der Waals surface area contributed by atoms with Crippen LogP contribution in [0.15, 0.2) is 39.3 Å². The maximum atomic E-state index is 15.6. The minimum Gasteiger partial charge on any atom is -0.493 e. The molecule has 1 aliphatic rings. The average molecular weight is 1090 g/mol. The SMILES string of the molecule is CCCCCCC(CCCCCC)N(C)C(=O)c1c(OCCCC)cc(C)c2c(-c3cc(Br)c4c5c(c(Br)ccc35)C(=O)N(C(CCCCCC)CCCCCC)C4=O)cc(OCCCC)c(C=O)c12. The number of ether oxygens (including phenoxy) is 2. The molecule has 0 spiro atoms. The van der Waals surface area contributed by atoms with Crippen LogP contribution in [0.2, 0.25) is 0 Å². The van der Waals surface area contributed by atoms with Gasteiger partial charge in [-0.2, -0.15) is 0 Å². The number of carbonyl (C=O) groups excluding carboxylic acids is 4. The summed E-state index contributed by atoms with van der Waals surface area (Å²) in [4.78, 5) is 63.0. The van der Waals surface area contributed by atoms with Gasteiger partial charge in [0.2, 0.25) is 0 Å². The van der Waals surface area contributed by atoms with Gasteiger partial charge in [0, 0.05) is 38.8 Å². The van der Waals surface area contributed by atoms with Gasteiger partial charge in [-0.1, -0.05) is 163 Å². The van der Waals surface area contributed by atoms with E-state index in [1.807, 2.05) is 49.2 Å². The molecule has 5 rings (SSSR count). The molecule has 0 saturated carbocycles. The van der Waals surface area contributed by atoms with Crippen molar-refractivity contribution >= 4 is 77.4 Å². The van der Waals surface area contributed by atoms with Crippen LogP contribution >= 0.6 is 31.9 Å². The largest absolute Gasteiger partial charge is 0.493 e. The fourth-order valence-corrected chi connectivity index (χ4v) is 11.6. The molecule has 0 saturated heterocycles. The smallest absolute Gasteiger partial charge is 0.262 e. The van der Waals surface area contributed by atoms with Gasteiger partial charge < -0.3 is 14.4 Å². The number of aldehydes is 1. The minimum absolute atomic E-state index is 0.0148. The predicted octanol–water partition coefficient (Wildman–Crippen LogP) is 18.0. The number of benzene rings is 4. The number of amides is 3. The molecule has 0 aromatic heterocycles. The van der Waals surface area contributed by atoms with Gasteiger partial charge in [-0.05, 0) is 129 Å². The van der Waals surface area contributed by atoms with E-state index in [0.717, 1.165) is 188 Å². The van der Waals surface area contributed by atoms with Crippen LogP contribution in [0.3, 0.4) is 0 Å². The third-order valence-corrected chi connectivity index (χ3v) is 15.9. The number of fused-ring (bicyclic) bond motifs is 1. The molecule has 8 nitrogen and oxygen atoms in total. The zero-order chi connectivity index (χ0) is 50.7. The van der Waals surface area contributed by atoms with Gasteiger partial charge in [-0.3, -0.25) is 24.1 Å². The van der Waals surface area contributed by atoms with E-state index < -0.39 is 0 Å². The van der Waals surface area contributed by atoms with Crippen LogP contribution in [0.4, 0.5) is 0 Å².